The first kappa shape index (κ1) is 15.4. The lowest BCUT2D eigenvalue weighted by Gasteiger charge is -1.97. The van der Waals surface area contributed by atoms with E-state index < -0.39 is 0 Å². The van der Waals surface area contributed by atoms with E-state index in [4.69, 9.17) is 11.6 Å². The van der Waals surface area contributed by atoms with Gasteiger partial charge in [-0.15, -0.1) is 10.2 Å². The van der Waals surface area contributed by atoms with Gasteiger partial charge in [0.15, 0.2) is 5.78 Å². The highest BCUT2D eigenvalue weighted by atomic mass is 35.5. The van der Waals surface area contributed by atoms with Crippen molar-refractivity contribution in [1.29, 1.82) is 0 Å². The highest BCUT2D eigenvalue weighted by molar-refractivity contribution is 7.18. The second-order valence-electron chi connectivity index (χ2n) is 4.74. The first-order valence-corrected chi connectivity index (χ1v) is 7.82. The van der Waals surface area contributed by atoms with Crippen LogP contribution in [0.25, 0.3) is 10.6 Å². The Kier molecular flexibility index (Phi) is 4.22. The molecular formula is C15H11ClN4O2S. The number of aromatic nitrogens is 3. The zero-order chi connectivity index (χ0) is 16.4. The molecule has 0 saturated heterocycles. The fourth-order valence-electron chi connectivity index (χ4n) is 1.91. The van der Waals surface area contributed by atoms with Crippen molar-refractivity contribution >= 4 is 39.8 Å². The van der Waals surface area contributed by atoms with Gasteiger partial charge in [0.2, 0.25) is 5.13 Å². The van der Waals surface area contributed by atoms with Crippen molar-refractivity contribution in [2.24, 2.45) is 0 Å². The largest absolute Gasteiger partial charge is 0.356 e. The molecule has 0 fully saturated rings. The number of ketones is 1. The summed E-state index contributed by atoms with van der Waals surface area (Å²) in [6.07, 6.45) is 1.49. The molecule has 0 aliphatic rings. The number of Topliss-reactive ketones (excluding diaryl/α,β-unsaturated/α-hetero) is 1. The van der Waals surface area contributed by atoms with Gasteiger partial charge in [-0.05, 0) is 25.1 Å². The summed E-state index contributed by atoms with van der Waals surface area (Å²) in [7, 11) is 0. The lowest BCUT2D eigenvalue weighted by molar-refractivity contribution is 0.101. The summed E-state index contributed by atoms with van der Waals surface area (Å²) in [4.78, 5) is 26.1. The first-order valence-electron chi connectivity index (χ1n) is 6.63. The number of carbonyl (C=O) groups is 2. The van der Waals surface area contributed by atoms with Gasteiger partial charge in [0.25, 0.3) is 5.91 Å². The Morgan fingerprint density at radius 2 is 2.09 bits per heavy atom. The van der Waals surface area contributed by atoms with Crippen molar-refractivity contribution in [3.63, 3.8) is 0 Å². The number of anilines is 1. The predicted octanol–water partition coefficient (Wildman–Crippen LogP) is 3.64. The minimum Gasteiger partial charge on any atom is -0.356 e. The molecule has 1 aromatic carbocycles. The second-order valence-corrected chi connectivity index (χ2v) is 6.15. The summed E-state index contributed by atoms with van der Waals surface area (Å²) in [6.45, 7) is 1.44. The predicted molar refractivity (Wildman–Crippen MR) is 89.1 cm³/mol. The van der Waals surface area contributed by atoms with Crippen molar-refractivity contribution in [3.8, 4) is 10.6 Å². The number of carbonyl (C=O) groups excluding carboxylic acids is 2. The molecule has 2 aromatic heterocycles. The number of aromatic amines is 1. The number of hydrogen-bond donors (Lipinski definition) is 2. The van der Waals surface area contributed by atoms with E-state index in [0.717, 1.165) is 5.56 Å². The minimum absolute atomic E-state index is 0.112. The van der Waals surface area contributed by atoms with Crippen molar-refractivity contribution in [2.75, 3.05) is 5.32 Å². The Hall–Kier alpha value is -2.51. The third kappa shape index (κ3) is 3.46. The number of hydrogen-bond acceptors (Lipinski definition) is 5. The summed E-state index contributed by atoms with van der Waals surface area (Å²) < 4.78 is 0. The van der Waals surface area contributed by atoms with Crippen molar-refractivity contribution in [1.82, 2.24) is 15.2 Å². The van der Waals surface area contributed by atoms with Gasteiger partial charge in [0, 0.05) is 22.3 Å². The monoisotopic (exact) mass is 346 g/mol. The van der Waals surface area contributed by atoms with E-state index in [1.165, 1.54) is 30.5 Å². The molecule has 0 unspecified atom stereocenters. The van der Waals surface area contributed by atoms with Gasteiger partial charge in [-0.2, -0.15) is 0 Å². The summed E-state index contributed by atoms with van der Waals surface area (Å²) in [5.41, 5.74) is 1.57. The minimum atomic E-state index is -0.383. The van der Waals surface area contributed by atoms with Gasteiger partial charge in [0.05, 0.1) is 0 Å². The van der Waals surface area contributed by atoms with Gasteiger partial charge in [-0.1, -0.05) is 35.1 Å². The molecule has 8 heteroatoms. The van der Waals surface area contributed by atoms with Gasteiger partial charge in [-0.3, -0.25) is 14.9 Å². The number of H-pyrrole nitrogens is 1. The van der Waals surface area contributed by atoms with E-state index in [-0.39, 0.29) is 17.4 Å². The molecule has 0 atom stereocenters. The number of benzene rings is 1. The molecule has 116 valence electrons. The topological polar surface area (TPSA) is 87.7 Å². The zero-order valence-electron chi connectivity index (χ0n) is 12.0. The first-order chi connectivity index (χ1) is 11.0. The second kappa shape index (κ2) is 6.31. The molecule has 0 spiro atoms. The fourth-order valence-corrected chi connectivity index (χ4v) is 2.83. The number of amides is 1. The lowest BCUT2D eigenvalue weighted by Crippen LogP contribution is -2.11. The smallest absolute Gasteiger partial charge is 0.273 e. The molecular weight excluding hydrogens is 336 g/mol. The van der Waals surface area contributed by atoms with E-state index in [2.05, 4.69) is 20.5 Å². The Morgan fingerprint density at radius 1 is 1.26 bits per heavy atom. The number of nitrogens with zero attached hydrogens (tertiary/aromatic N) is 2. The summed E-state index contributed by atoms with van der Waals surface area (Å²) >= 11 is 7.19. The molecule has 0 aliphatic heterocycles. The maximum absolute atomic E-state index is 12.1. The number of halogens is 1. The summed E-state index contributed by atoms with van der Waals surface area (Å²) in [6, 6.07) is 8.72. The molecule has 2 N–H and O–H groups in total. The average molecular weight is 347 g/mol. The van der Waals surface area contributed by atoms with E-state index in [1.54, 1.807) is 12.1 Å². The normalized spacial score (nSPS) is 10.5. The molecule has 0 radical (unpaired) electrons. The van der Waals surface area contributed by atoms with E-state index in [9.17, 15) is 9.59 Å². The van der Waals surface area contributed by atoms with E-state index in [1.807, 2.05) is 12.1 Å². The van der Waals surface area contributed by atoms with Crippen LogP contribution in [0.1, 0.15) is 27.8 Å². The molecule has 6 nitrogen and oxygen atoms in total. The van der Waals surface area contributed by atoms with Crippen LogP contribution in [0.4, 0.5) is 5.13 Å². The maximum Gasteiger partial charge on any atom is 0.273 e. The molecule has 0 saturated carbocycles. The maximum atomic E-state index is 12.1. The van der Waals surface area contributed by atoms with E-state index in [0.29, 0.717) is 20.7 Å². The van der Waals surface area contributed by atoms with Crippen LogP contribution in [-0.2, 0) is 0 Å². The quantitative estimate of drug-likeness (QED) is 0.706. The Balaban J connectivity index is 1.75. The third-order valence-corrected chi connectivity index (χ3v) is 4.17. The molecule has 2 heterocycles. The molecule has 3 aromatic rings. The van der Waals surface area contributed by atoms with Crippen LogP contribution >= 0.6 is 22.9 Å². The summed E-state index contributed by atoms with van der Waals surface area (Å²) in [5, 5.41) is 12.2. The van der Waals surface area contributed by atoms with Crippen LogP contribution < -0.4 is 5.32 Å². The fraction of sp³-hybridized carbons (Fsp3) is 0.0667. The Labute approximate surface area is 140 Å². The molecule has 0 aliphatic carbocycles. The summed E-state index contributed by atoms with van der Waals surface area (Å²) in [5.74, 6) is -0.495. The van der Waals surface area contributed by atoms with Crippen LogP contribution in [0.5, 0.6) is 0 Å². The van der Waals surface area contributed by atoms with E-state index >= 15 is 0 Å². The molecule has 0 bridgehead atoms. The highest BCUT2D eigenvalue weighted by Crippen LogP contribution is 2.28. The van der Waals surface area contributed by atoms with Gasteiger partial charge >= 0.3 is 0 Å². The molecule has 23 heavy (non-hydrogen) atoms. The Bertz CT molecular complexity index is 887. The van der Waals surface area contributed by atoms with Crippen LogP contribution in [-0.4, -0.2) is 26.9 Å². The SMILES string of the molecule is CC(=O)c1c[nH]c(C(=O)Nc2nnc(-c3cccc(Cl)c3)s2)c1. The van der Waals surface area contributed by atoms with Crippen LogP contribution in [0.2, 0.25) is 5.02 Å². The lowest BCUT2D eigenvalue weighted by atomic mass is 10.2. The van der Waals surface area contributed by atoms with Crippen LogP contribution in [0.3, 0.4) is 0 Å². The molecule has 1 amide bonds. The standard InChI is InChI=1S/C15H11ClN4O2S/c1-8(21)10-6-12(17-7-10)13(22)18-15-20-19-14(23-15)9-3-2-4-11(16)5-9/h2-7,17H,1H3,(H,18,20,22). The van der Waals surface area contributed by atoms with Crippen LogP contribution in [0.15, 0.2) is 36.5 Å². The Morgan fingerprint density at radius 3 is 2.78 bits per heavy atom. The molecule has 3 rings (SSSR count). The van der Waals surface area contributed by atoms with Crippen molar-refractivity contribution in [2.45, 2.75) is 6.92 Å². The zero-order valence-corrected chi connectivity index (χ0v) is 13.5. The number of nitrogens with one attached hydrogen (secondary N) is 2. The number of rotatable bonds is 4. The van der Waals surface area contributed by atoms with Crippen molar-refractivity contribution < 1.29 is 9.59 Å². The van der Waals surface area contributed by atoms with Gasteiger partial charge in [-0.25, -0.2) is 0 Å². The van der Waals surface area contributed by atoms with Gasteiger partial charge < -0.3 is 4.98 Å². The average Bonchev–Trinajstić information content (AvgIpc) is 3.16. The third-order valence-electron chi connectivity index (χ3n) is 3.05. The van der Waals surface area contributed by atoms with Crippen LogP contribution in [0, 0.1) is 0 Å². The highest BCUT2D eigenvalue weighted by Gasteiger charge is 2.14. The van der Waals surface area contributed by atoms with Crippen molar-refractivity contribution in [3.05, 3.63) is 52.8 Å². The van der Waals surface area contributed by atoms with Gasteiger partial charge in [0.1, 0.15) is 10.7 Å².